The van der Waals surface area contributed by atoms with Crippen LogP contribution < -0.4 is 10.6 Å². The molecule has 6 nitrogen and oxygen atoms in total. The van der Waals surface area contributed by atoms with E-state index in [9.17, 15) is 4.79 Å². The average Bonchev–Trinajstić information content (AvgIpc) is 2.53. The Morgan fingerprint density at radius 2 is 2.05 bits per heavy atom. The van der Waals surface area contributed by atoms with E-state index in [-0.39, 0.29) is 9.80 Å². The molecular weight excluding hydrogens is 256 g/mol. The van der Waals surface area contributed by atoms with Gasteiger partial charge < -0.3 is 20.3 Å². The fourth-order valence-corrected chi connectivity index (χ4v) is 1.16. The molecule has 1 aromatic heterocycles. The largest absolute Gasteiger partial charge is 0.444 e. The number of nitrogen functional groups attached to an aromatic ring is 1. The van der Waals surface area contributed by atoms with E-state index in [0.29, 0.717) is 0 Å². The Labute approximate surface area is 135 Å². The molecule has 1 aliphatic rings. The van der Waals surface area contributed by atoms with Gasteiger partial charge in [0, 0.05) is 26.0 Å². The molecule has 1 fully saturated rings. The van der Waals surface area contributed by atoms with E-state index in [2.05, 4.69) is 4.98 Å². The Bertz CT molecular complexity index is 889. The fourth-order valence-electron chi connectivity index (χ4n) is 1.16. The monoisotopic (exact) mass is 289 g/mol. The number of aromatic nitrogens is 1. The first-order valence-electron chi connectivity index (χ1n) is 11.2. The maximum absolute atomic E-state index is 12.6. The standard InChI is InChI=1S/C14H22N4O2/c1-14(2,3)20-13(19)18-8-6-17(7-9-18)12-5-4-11(15)10-16-12/h4-5,10H,6-9,15H2,1-3H3/i4D,5D,6D2,7D2,8D2,9D2,10D. The molecule has 0 unspecified atom stereocenters. The SMILES string of the molecule is [2H]c1nc(N2C([2H])([2H])C([2H])([2H])N(C(=O)OC(C)(C)C)C([2H])([2H])C2([2H])[2H])c([2H])c([2H])c1N. The lowest BCUT2D eigenvalue weighted by atomic mass is 10.2. The molecule has 0 aliphatic carbocycles. The summed E-state index contributed by atoms with van der Waals surface area (Å²) >= 11 is 0. The highest BCUT2D eigenvalue weighted by molar-refractivity contribution is 5.68. The molecule has 0 bridgehead atoms. The number of nitrogens with zero attached hydrogens (tertiary/aromatic N) is 3. The maximum Gasteiger partial charge on any atom is 0.410 e. The lowest BCUT2D eigenvalue weighted by Gasteiger charge is -2.36. The highest BCUT2D eigenvalue weighted by Crippen LogP contribution is 2.16. The van der Waals surface area contributed by atoms with Crippen molar-refractivity contribution in [1.29, 1.82) is 0 Å². The second kappa shape index (κ2) is 5.56. The molecule has 1 aliphatic heterocycles. The van der Waals surface area contributed by atoms with Gasteiger partial charge in [0.1, 0.15) is 11.4 Å². The number of hydrogen-bond donors (Lipinski definition) is 1. The lowest BCUT2D eigenvalue weighted by Crippen LogP contribution is -2.50. The number of anilines is 2. The van der Waals surface area contributed by atoms with Crippen molar-refractivity contribution in [2.45, 2.75) is 26.4 Å². The highest BCUT2D eigenvalue weighted by Gasteiger charge is 2.26. The van der Waals surface area contributed by atoms with E-state index in [4.69, 9.17) is 25.5 Å². The second-order valence-electron chi connectivity index (χ2n) is 4.81. The van der Waals surface area contributed by atoms with Gasteiger partial charge in [0.25, 0.3) is 0 Å². The third-order valence-corrected chi connectivity index (χ3v) is 1.93. The summed E-state index contributed by atoms with van der Waals surface area (Å²) in [5.41, 5.74) is 3.69. The minimum absolute atomic E-state index is 0.112. The summed E-state index contributed by atoms with van der Waals surface area (Å²) < 4.78 is 94.5. The van der Waals surface area contributed by atoms with E-state index in [1.54, 1.807) is 0 Å². The second-order valence-corrected chi connectivity index (χ2v) is 4.81. The Morgan fingerprint density at radius 3 is 2.65 bits per heavy atom. The van der Waals surface area contributed by atoms with Crippen molar-refractivity contribution in [3.05, 3.63) is 18.3 Å². The quantitative estimate of drug-likeness (QED) is 0.852. The van der Waals surface area contributed by atoms with Crippen LogP contribution in [0.25, 0.3) is 0 Å². The van der Waals surface area contributed by atoms with Crippen molar-refractivity contribution >= 4 is 17.6 Å². The molecule has 6 heteroatoms. The molecule has 2 heterocycles. The molecule has 1 amide bonds. The van der Waals surface area contributed by atoms with Gasteiger partial charge in [-0.1, -0.05) is 0 Å². The zero-order chi connectivity index (χ0) is 24.5. The van der Waals surface area contributed by atoms with Gasteiger partial charge in [-0.15, -0.1) is 0 Å². The molecule has 0 spiro atoms. The Kier molecular flexibility index (Phi) is 1.61. The summed E-state index contributed by atoms with van der Waals surface area (Å²) in [5.74, 6) is -1.02. The Hall–Kier alpha value is -1.98. The van der Waals surface area contributed by atoms with Gasteiger partial charge in [0.15, 0.2) is 0 Å². The Balaban J connectivity index is 2.82. The van der Waals surface area contributed by atoms with Crippen LogP contribution in [0.3, 0.4) is 0 Å². The van der Waals surface area contributed by atoms with E-state index < -0.39 is 67.4 Å². The number of amides is 1. The van der Waals surface area contributed by atoms with Crippen LogP contribution in [0.4, 0.5) is 16.3 Å². The van der Waals surface area contributed by atoms with Crippen LogP contribution in [0.1, 0.15) is 35.8 Å². The minimum Gasteiger partial charge on any atom is -0.444 e. The van der Waals surface area contributed by atoms with Gasteiger partial charge in [-0.25, -0.2) is 9.78 Å². The van der Waals surface area contributed by atoms with Gasteiger partial charge in [0.2, 0.25) is 0 Å². The van der Waals surface area contributed by atoms with E-state index in [1.165, 1.54) is 20.8 Å². The van der Waals surface area contributed by atoms with E-state index in [1.807, 2.05) is 0 Å². The van der Waals surface area contributed by atoms with E-state index in [0.717, 1.165) is 0 Å². The van der Waals surface area contributed by atoms with Gasteiger partial charge >= 0.3 is 6.09 Å². The first-order chi connectivity index (χ1) is 13.6. The number of nitrogens with two attached hydrogens (primary N) is 1. The average molecular weight is 289 g/mol. The minimum atomic E-state index is -3.55. The van der Waals surface area contributed by atoms with Crippen molar-refractivity contribution in [3.8, 4) is 0 Å². The van der Waals surface area contributed by atoms with E-state index >= 15 is 0 Å². The number of ether oxygens (including phenoxy) is 1. The van der Waals surface area contributed by atoms with Crippen LogP contribution in [0.15, 0.2) is 18.3 Å². The molecule has 110 valence electrons. The number of pyridine rings is 1. The summed E-state index contributed by atoms with van der Waals surface area (Å²) in [4.78, 5) is 15.7. The van der Waals surface area contributed by atoms with Crippen LogP contribution >= 0.6 is 0 Å². The zero-order valence-electron chi connectivity index (χ0n) is 22.2. The van der Waals surface area contributed by atoms with Crippen molar-refractivity contribution in [2.75, 3.05) is 36.6 Å². The number of carbonyl (C=O) groups is 1. The van der Waals surface area contributed by atoms with Crippen LogP contribution in [-0.2, 0) is 4.74 Å². The van der Waals surface area contributed by atoms with Crippen molar-refractivity contribution in [2.24, 2.45) is 0 Å². The molecule has 0 saturated carbocycles. The predicted molar refractivity (Wildman–Crippen MR) is 78.7 cm³/mol. The number of hydrogen-bond acceptors (Lipinski definition) is 5. The third kappa shape index (κ3) is 3.76. The first-order valence-corrected chi connectivity index (χ1v) is 5.69. The third-order valence-electron chi connectivity index (χ3n) is 1.93. The summed E-state index contributed by atoms with van der Waals surface area (Å²) in [6, 6.07) is -1.74. The van der Waals surface area contributed by atoms with Crippen molar-refractivity contribution in [3.63, 3.8) is 0 Å². The van der Waals surface area contributed by atoms with Crippen LogP contribution in [0.2, 0.25) is 0 Å². The van der Waals surface area contributed by atoms with Crippen molar-refractivity contribution < 1.29 is 24.6 Å². The van der Waals surface area contributed by atoms with Crippen molar-refractivity contribution in [1.82, 2.24) is 9.88 Å². The number of piperazine rings is 1. The molecule has 0 radical (unpaired) electrons. The summed E-state index contributed by atoms with van der Waals surface area (Å²) in [6.45, 7) is -9.94. The van der Waals surface area contributed by atoms with Crippen LogP contribution in [0.5, 0.6) is 0 Å². The number of carbonyl (C=O) groups excluding carboxylic acids is 1. The number of rotatable bonds is 1. The molecule has 0 aromatic carbocycles. The molecule has 0 atom stereocenters. The van der Waals surface area contributed by atoms with Gasteiger partial charge in [-0.3, -0.25) is 0 Å². The fraction of sp³-hybridized carbons (Fsp3) is 0.571. The lowest BCUT2D eigenvalue weighted by molar-refractivity contribution is 0.0240. The first kappa shape index (κ1) is 5.79. The summed E-state index contributed by atoms with van der Waals surface area (Å²) in [7, 11) is 0. The highest BCUT2D eigenvalue weighted by atomic mass is 16.6. The van der Waals surface area contributed by atoms with Crippen LogP contribution in [-0.4, -0.2) is 47.6 Å². The summed E-state index contributed by atoms with van der Waals surface area (Å²) in [5, 5.41) is 0. The molecule has 1 aromatic rings. The van der Waals surface area contributed by atoms with Gasteiger partial charge in [-0.05, 0) is 32.9 Å². The molecule has 2 N–H and O–H groups in total. The van der Waals surface area contributed by atoms with Gasteiger partial charge in [0.05, 0.1) is 26.9 Å². The molecule has 20 heavy (non-hydrogen) atoms. The Morgan fingerprint density at radius 1 is 1.40 bits per heavy atom. The smallest absolute Gasteiger partial charge is 0.410 e. The predicted octanol–water partition coefficient (Wildman–Crippen LogP) is 1.72. The van der Waals surface area contributed by atoms with Gasteiger partial charge in [-0.2, -0.15) is 0 Å². The normalized spacial score (nSPS) is 34.2. The maximum atomic E-state index is 12.6. The van der Waals surface area contributed by atoms with Crippen LogP contribution in [0, 0.1) is 0 Å². The molecule has 1 saturated heterocycles. The topological polar surface area (TPSA) is 71.7 Å². The molecular formula is C14H22N4O2. The summed E-state index contributed by atoms with van der Waals surface area (Å²) in [6.07, 6.45) is -2.45. The molecule has 2 rings (SSSR count). The zero-order valence-corrected chi connectivity index (χ0v) is 11.2.